The number of benzene rings is 3. The molecule has 0 aliphatic heterocycles. The molecule has 0 spiro atoms. The van der Waals surface area contributed by atoms with Crippen molar-refractivity contribution < 1.29 is 5.11 Å². The van der Waals surface area contributed by atoms with Crippen molar-refractivity contribution in [1.29, 1.82) is 0 Å². The van der Waals surface area contributed by atoms with Gasteiger partial charge in [0.25, 0.3) is 0 Å². The lowest BCUT2D eigenvalue weighted by Gasteiger charge is -2.07. The Morgan fingerprint density at radius 3 is 2.41 bits per heavy atom. The first kappa shape index (κ1) is 13.1. The molecule has 1 aliphatic rings. The van der Waals surface area contributed by atoms with Crippen LogP contribution in [0.2, 0.25) is 0 Å². The van der Waals surface area contributed by atoms with Crippen molar-refractivity contribution >= 4 is 0 Å². The van der Waals surface area contributed by atoms with Gasteiger partial charge in [-0.05, 0) is 58.7 Å². The van der Waals surface area contributed by atoms with Crippen molar-refractivity contribution in [3.05, 3.63) is 89.0 Å². The minimum Gasteiger partial charge on any atom is -0.508 e. The number of aromatic hydroxyl groups is 1. The fourth-order valence-corrected chi connectivity index (χ4v) is 3.36. The third-order valence-electron chi connectivity index (χ3n) is 4.53. The van der Waals surface area contributed by atoms with Gasteiger partial charge in [-0.25, -0.2) is 0 Å². The highest BCUT2D eigenvalue weighted by Gasteiger charge is 2.17. The molecule has 1 N–H and O–H groups in total. The van der Waals surface area contributed by atoms with Gasteiger partial charge in [0.2, 0.25) is 0 Å². The van der Waals surface area contributed by atoms with Gasteiger partial charge in [0, 0.05) is 0 Å². The Labute approximate surface area is 130 Å². The molecule has 108 valence electrons. The molecule has 0 heterocycles. The molecular formula is C21H18O. The van der Waals surface area contributed by atoms with Crippen LogP contribution in [0.4, 0.5) is 0 Å². The largest absolute Gasteiger partial charge is 0.508 e. The summed E-state index contributed by atoms with van der Waals surface area (Å²) in [5, 5.41) is 9.86. The van der Waals surface area contributed by atoms with E-state index >= 15 is 0 Å². The molecule has 0 unspecified atom stereocenters. The second-order valence-corrected chi connectivity index (χ2v) is 5.95. The summed E-state index contributed by atoms with van der Waals surface area (Å²) in [5.74, 6) is 0.399. The molecule has 0 radical (unpaired) electrons. The fourth-order valence-electron chi connectivity index (χ4n) is 3.36. The first-order valence-corrected chi connectivity index (χ1v) is 7.78. The second-order valence-electron chi connectivity index (χ2n) is 5.95. The van der Waals surface area contributed by atoms with Gasteiger partial charge in [-0.15, -0.1) is 0 Å². The van der Waals surface area contributed by atoms with Gasteiger partial charge in [-0.1, -0.05) is 60.7 Å². The third kappa shape index (κ3) is 2.29. The lowest BCUT2D eigenvalue weighted by Crippen LogP contribution is -1.93. The lowest BCUT2D eigenvalue weighted by atomic mass is 9.99. The van der Waals surface area contributed by atoms with Gasteiger partial charge < -0.3 is 5.11 Å². The fraction of sp³-hybridized carbons (Fsp3) is 0.143. The normalized spacial score (nSPS) is 12.0. The lowest BCUT2D eigenvalue weighted by molar-refractivity contribution is 0.468. The maximum absolute atomic E-state index is 9.86. The molecule has 0 fully saturated rings. The SMILES string of the molecule is Oc1ccccc1CCc1ccc2c(c1)Cc1ccccc1-2. The van der Waals surface area contributed by atoms with E-state index in [1.165, 1.54) is 27.8 Å². The van der Waals surface area contributed by atoms with E-state index < -0.39 is 0 Å². The standard InChI is InChI=1S/C21H18O/c22-21-8-4-2-5-16(21)11-9-15-10-12-20-18(13-15)14-17-6-1-3-7-19(17)20/h1-8,10,12-13,22H,9,11,14H2. The molecule has 1 nitrogen and oxygen atoms in total. The van der Waals surface area contributed by atoms with Crippen LogP contribution in [0.3, 0.4) is 0 Å². The van der Waals surface area contributed by atoms with Crippen molar-refractivity contribution in [3.8, 4) is 16.9 Å². The topological polar surface area (TPSA) is 20.2 Å². The highest BCUT2D eigenvalue weighted by atomic mass is 16.3. The average molecular weight is 286 g/mol. The Morgan fingerprint density at radius 2 is 1.50 bits per heavy atom. The van der Waals surface area contributed by atoms with E-state index in [1.807, 2.05) is 18.2 Å². The summed E-state index contributed by atoms with van der Waals surface area (Å²) in [5.41, 5.74) is 7.97. The van der Waals surface area contributed by atoms with Crippen LogP contribution < -0.4 is 0 Å². The zero-order valence-electron chi connectivity index (χ0n) is 12.4. The van der Waals surface area contributed by atoms with Crippen LogP contribution in [-0.2, 0) is 19.3 Å². The number of phenolic OH excluding ortho intramolecular Hbond substituents is 1. The van der Waals surface area contributed by atoms with Gasteiger partial charge in [-0.2, -0.15) is 0 Å². The van der Waals surface area contributed by atoms with Crippen LogP contribution in [-0.4, -0.2) is 5.11 Å². The Morgan fingerprint density at radius 1 is 0.727 bits per heavy atom. The molecule has 1 heteroatoms. The van der Waals surface area contributed by atoms with Gasteiger partial charge in [-0.3, -0.25) is 0 Å². The number of para-hydroxylation sites is 1. The third-order valence-corrected chi connectivity index (χ3v) is 4.53. The first-order chi connectivity index (χ1) is 10.8. The second kappa shape index (κ2) is 5.34. The summed E-state index contributed by atoms with van der Waals surface area (Å²) in [6.07, 6.45) is 2.87. The van der Waals surface area contributed by atoms with E-state index in [-0.39, 0.29) is 0 Å². The van der Waals surface area contributed by atoms with Crippen LogP contribution in [0.1, 0.15) is 22.3 Å². The first-order valence-electron chi connectivity index (χ1n) is 7.78. The maximum atomic E-state index is 9.86. The van der Waals surface area contributed by atoms with Crippen LogP contribution in [0.15, 0.2) is 66.7 Å². The molecule has 3 aromatic carbocycles. The number of hydrogen-bond donors (Lipinski definition) is 1. The van der Waals surface area contributed by atoms with Gasteiger partial charge in [0.15, 0.2) is 0 Å². The number of fused-ring (bicyclic) bond motifs is 3. The zero-order valence-corrected chi connectivity index (χ0v) is 12.4. The van der Waals surface area contributed by atoms with Crippen LogP contribution in [0, 0.1) is 0 Å². The number of aryl methyl sites for hydroxylation is 2. The highest BCUT2D eigenvalue weighted by Crippen LogP contribution is 2.36. The van der Waals surface area contributed by atoms with E-state index in [0.717, 1.165) is 24.8 Å². The van der Waals surface area contributed by atoms with E-state index in [9.17, 15) is 5.11 Å². The molecule has 1 aliphatic carbocycles. The van der Waals surface area contributed by atoms with Gasteiger partial charge in [0.05, 0.1) is 0 Å². The van der Waals surface area contributed by atoms with Crippen molar-refractivity contribution in [1.82, 2.24) is 0 Å². The Kier molecular flexibility index (Phi) is 3.19. The highest BCUT2D eigenvalue weighted by molar-refractivity contribution is 5.76. The summed E-state index contributed by atoms with van der Waals surface area (Å²) >= 11 is 0. The average Bonchev–Trinajstić information content (AvgIpc) is 2.92. The monoisotopic (exact) mass is 286 g/mol. The van der Waals surface area contributed by atoms with E-state index in [1.54, 1.807) is 6.07 Å². The van der Waals surface area contributed by atoms with E-state index in [2.05, 4.69) is 42.5 Å². The summed E-state index contributed by atoms with van der Waals surface area (Å²) in [7, 11) is 0. The molecule has 0 bridgehead atoms. The van der Waals surface area contributed by atoms with Crippen LogP contribution in [0.25, 0.3) is 11.1 Å². The minimum absolute atomic E-state index is 0.399. The van der Waals surface area contributed by atoms with Crippen molar-refractivity contribution in [2.45, 2.75) is 19.3 Å². The zero-order chi connectivity index (χ0) is 14.9. The van der Waals surface area contributed by atoms with Crippen LogP contribution >= 0.6 is 0 Å². The molecule has 0 saturated carbocycles. The van der Waals surface area contributed by atoms with E-state index in [4.69, 9.17) is 0 Å². The van der Waals surface area contributed by atoms with Crippen molar-refractivity contribution in [2.75, 3.05) is 0 Å². The summed E-state index contributed by atoms with van der Waals surface area (Å²) < 4.78 is 0. The van der Waals surface area contributed by atoms with Crippen molar-refractivity contribution in [2.24, 2.45) is 0 Å². The molecule has 22 heavy (non-hydrogen) atoms. The summed E-state index contributed by atoms with van der Waals surface area (Å²) in [6.45, 7) is 0. The van der Waals surface area contributed by atoms with Crippen LogP contribution in [0.5, 0.6) is 5.75 Å². The predicted molar refractivity (Wildman–Crippen MR) is 90.2 cm³/mol. The summed E-state index contributed by atoms with van der Waals surface area (Å²) in [6, 6.07) is 23.1. The number of phenols is 1. The van der Waals surface area contributed by atoms with E-state index in [0.29, 0.717) is 5.75 Å². The maximum Gasteiger partial charge on any atom is 0.118 e. The van der Waals surface area contributed by atoms with Crippen molar-refractivity contribution in [3.63, 3.8) is 0 Å². The Bertz CT molecular complexity index is 833. The smallest absolute Gasteiger partial charge is 0.118 e. The molecule has 0 atom stereocenters. The molecular weight excluding hydrogens is 268 g/mol. The molecule has 3 aromatic rings. The Balaban J connectivity index is 1.56. The van der Waals surface area contributed by atoms with Gasteiger partial charge in [0.1, 0.15) is 5.75 Å². The number of rotatable bonds is 3. The Hall–Kier alpha value is -2.54. The summed E-state index contributed by atoms with van der Waals surface area (Å²) in [4.78, 5) is 0. The minimum atomic E-state index is 0.399. The molecule has 0 saturated heterocycles. The molecule has 0 amide bonds. The quantitative estimate of drug-likeness (QED) is 0.576. The predicted octanol–water partition coefficient (Wildman–Crippen LogP) is 4.75. The number of hydrogen-bond acceptors (Lipinski definition) is 1. The molecule has 4 rings (SSSR count). The van der Waals surface area contributed by atoms with Gasteiger partial charge >= 0.3 is 0 Å². The molecule has 0 aromatic heterocycles.